The van der Waals surface area contributed by atoms with E-state index in [2.05, 4.69) is 12.2 Å². The summed E-state index contributed by atoms with van der Waals surface area (Å²) in [6, 6.07) is 1.95. The largest absolute Gasteiger partial charge is 0.463 e. The molecule has 1 heterocycles. The number of hydrogen-bond donors (Lipinski definition) is 1. The van der Waals surface area contributed by atoms with Crippen molar-refractivity contribution < 1.29 is 14.3 Å². The van der Waals surface area contributed by atoms with Gasteiger partial charge in [0.25, 0.3) is 5.91 Å². The van der Waals surface area contributed by atoms with Gasteiger partial charge in [-0.25, -0.2) is 0 Å². The highest BCUT2D eigenvalue weighted by Crippen LogP contribution is 2.22. The van der Waals surface area contributed by atoms with Gasteiger partial charge < -0.3 is 10.1 Å². The van der Waals surface area contributed by atoms with E-state index in [1.54, 1.807) is 13.8 Å². The highest BCUT2D eigenvalue weighted by molar-refractivity contribution is 7.14. The number of thiophene rings is 1. The van der Waals surface area contributed by atoms with Gasteiger partial charge in [-0.15, -0.1) is 11.3 Å². The summed E-state index contributed by atoms with van der Waals surface area (Å²) in [7, 11) is 0. The number of nitrogens with one attached hydrogen (secondary N) is 1. The highest BCUT2D eigenvalue weighted by Gasteiger charge is 2.12. The van der Waals surface area contributed by atoms with E-state index in [-0.39, 0.29) is 24.4 Å². The molecule has 1 N–H and O–H groups in total. The zero-order valence-corrected chi connectivity index (χ0v) is 13.4. The average molecular weight is 297 g/mol. The van der Waals surface area contributed by atoms with E-state index < -0.39 is 0 Å². The van der Waals surface area contributed by atoms with Crippen LogP contribution >= 0.6 is 11.3 Å². The molecule has 0 aromatic carbocycles. The molecule has 1 aromatic rings. The lowest BCUT2D eigenvalue weighted by molar-refractivity contribution is -0.147. The first-order chi connectivity index (χ1) is 9.43. The summed E-state index contributed by atoms with van der Waals surface area (Å²) in [5.74, 6) is -0.396. The van der Waals surface area contributed by atoms with Gasteiger partial charge in [0.15, 0.2) is 0 Å². The second-order valence-corrected chi connectivity index (χ2v) is 6.24. The molecule has 0 unspecified atom stereocenters. The fourth-order valence-electron chi connectivity index (χ4n) is 1.84. The third-order valence-electron chi connectivity index (χ3n) is 2.75. The molecule has 0 saturated carbocycles. The quantitative estimate of drug-likeness (QED) is 0.787. The van der Waals surface area contributed by atoms with Crippen LogP contribution in [0.15, 0.2) is 6.07 Å². The van der Waals surface area contributed by atoms with Crippen molar-refractivity contribution in [1.82, 2.24) is 5.32 Å². The van der Waals surface area contributed by atoms with Gasteiger partial charge in [-0.1, -0.05) is 13.3 Å². The Bertz CT molecular complexity index is 466. The summed E-state index contributed by atoms with van der Waals surface area (Å²) in [4.78, 5) is 25.2. The first-order valence-electron chi connectivity index (χ1n) is 7.01. The first kappa shape index (κ1) is 16.7. The van der Waals surface area contributed by atoms with E-state index in [0.29, 0.717) is 11.4 Å². The smallest absolute Gasteiger partial charge is 0.307 e. The molecule has 0 spiro atoms. The second-order valence-electron chi connectivity index (χ2n) is 4.99. The highest BCUT2D eigenvalue weighted by atomic mass is 32.1. The van der Waals surface area contributed by atoms with Crippen LogP contribution in [0.3, 0.4) is 0 Å². The molecule has 1 aromatic heterocycles. The summed E-state index contributed by atoms with van der Waals surface area (Å²) >= 11 is 1.50. The molecular weight excluding hydrogens is 274 g/mol. The van der Waals surface area contributed by atoms with Gasteiger partial charge >= 0.3 is 5.97 Å². The Morgan fingerprint density at radius 1 is 1.40 bits per heavy atom. The first-order valence-corrected chi connectivity index (χ1v) is 7.82. The minimum atomic E-state index is -0.283. The Balaban J connectivity index is 2.43. The summed E-state index contributed by atoms with van der Waals surface area (Å²) in [6.07, 6.45) is 2.15. The van der Waals surface area contributed by atoms with Crippen LogP contribution in [0, 0.1) is 6.92 Å². The third kappa shape index (κ3) is 5.33. The van der Waals surface area contributed by atoms with E-state index in [1.807, 2.05) is 13.0 Å². The van der Waals surface area contributed by atoms with E-state index >= 15 is 0 Å². The molecular formula is C15H23NO3S. The maximum atomic E-state index is 12.0. The number of rotatable bonds is 7. The van der Waals surface area contributed by atoms with Crippen LogP contribution in [0.1, 0.15) is 53.7 Å². The Morgan fingerprint density at radius 2 is 2.10 bits per heavy atom. The van der Waals surface area contributed by atoms with Gasteiger partial charge in [0.2, 0.25) is 0 Å². The van der Waals surface area contributed by atoms with Crippen molar-refractivity contribution in [1.29, 1.82) is 0 Å². The Labute approximate surface area is 124 Å². The van der Waals surface area contributed by atoms with Gasteiger partial charge in [0, 0.05) is 11.4 Å². The Kier molecular flexibility index (Phi) is 6.71. The standard InChI is InChI=1S/C15H23NO3S/c1-5-6-12-9-13(20-11(12)4)15(18)16-8-7-14(17)19-10(2)3/h9-10H,5-8H2,1-4H3,(H,16,18). The van der Waals surface area contributed by atoms with Crippen molar-refractivity contribution in [3.8, 4) is 0 Å². The SMILES string of the molecule is CCCc1cc(C(=O)NCCC(=O)OC(C)C)sc1C. The summed E-state index contributed by atoms with van der Waals surface area (Å²) in [6.45, 7) is 8.08. The molecule has 0 aliphatic heterocycles. The van der Waals surface area contributed by atoms with Gasteiger partial charge in [0.1, 0.15) is 0 Å². The molecule has 0 fully saturated rings. The minimum absolute atomic E-state index is 0.113. The van der Waals surface area contributed by atoms with Crippen LogP contribution in [-0.2, 0) is 16.0 Å². The number of ether oxygens (including phenoxy) is 1. The number of aryl methyl sites for hydroxylation is 2. The normalized spacial score (nSPS) is 10.7. The lowest BCUT2D eigenvalue weighted by Gasteiger charge is -2.08. The zero-order valence-electron chi connectivity index (χ0n) is 12.6. The number of amides is 1. The topological polar surface area (TPSA) is 55.4 Å². The fourth-order valence-corrected chi connectivity index (χ4v) is 2.82. The maximum Gasteiger partial charge on any atom is 0.307 e. The molecule has 0 bridgehead atoms. The molecule has 0 radical (unpaired) electrons. The average Bonchev–Trinajstić information content (AvgIpc) is 2.70. The van der Waals surface area contributed by atoms with Crippen molar-refractivity contribution in [2.24, 2.45) is 0 Å². The lowest BCUT2D eigenvalue weighted by Crippen LogP contribution is -2.26. The van der Waals surface area contributed by atoms with Crippen LogP contribution in [0.2, 0.25) is 0 Å². The van der Waals surface area contributed by atoms with Crippen LogP contribution < -0.4 is 5.32 Å². The van der Waals surface area contributed by atoms with E-state index in [4.69, 9.17) is 4.74 Å². The van der Waals surface area contributed by atoms with Crippen molar-refractivity contribution in [2.45, 2.75) is 53.1 Å². The predicted octanol–water partition coefficient (Wildman–Crippen LogP) is 3.08. The van der Waals surface area contributed by atoms with Crippen LogP contribution in [0.4, 0.5) is 0 Å². The molecule has 1 amide bonds. The Morgan fingerprint density at radius 3 is 2.70 bits per heavy atom. The Hall–Kier alpha value is -1.36. The summed E-state index contributed by atoms with van der Waals surface area (Å²) < 4.78 is 5.01. The van der Waals surface area contributed by atoms with Crippen molar-refractivity contribution in [2.75, 3.05) is 6.54 Å². The lowest BCUT2D eigenvalue weighted by atomic mass is 10.1. The van der Waals surface area contributed by atoms with Gasteiger partial charge in [-0.05, 0) is 38.8 Å². The van der Waals surface area contributed by atoms with Gasteiger partial charge in [0.05, 0.1) is 17.4 Å². The monoisotopic (exact) mass is 297 g/mol. The summed E-state index contributed by atoms with van der Waals surface area (Å²) in [5, 5.41) is 2.76. The molecule has 20 heavy (non-hydrogen) atoms. The second kappa shape index (κ2) is 8.04. The van der Waals surface area contributed by atoms with Crippen molar-refractivity contribution >= 4 is 23.2 Å². The van der Waals surface area contributed by atoms with Crippen LogP contribution in [0.25, 0.3) is 0 Å². The summed E-state index contributed by atoms with van der Waals surface area (Å²) in [5.41, 5.74) is 1.24. The number of carbonyl (C=O) groups is 2. The minimum Gasteiger partial charge on any atom is -0.463 e. The van der Waals surface area contributed by atoms with Crippen LogP contribution in [0.5, 0.6) is 0 Å². The molecule has 112 valence electrons. The molecule has 0 aliphatic carbocycles. The predicted molar refractivity (Wildman–Crippen MR) is 81.2 cm³/mol. The molecule has 0 aliphatic rings. The zero-order chi connectivity index (χ0) is 15.1. The molecule has 0 atom stereocenters. The maximum absolute atomic E-state index is 12.0. The number of carbonyl (C=O) groups excluding carboxylic acids is 2. The molecule has 4 nitrogen and oxygen atoms in total. The number of hydrogen-bond acceptors (Lipinski definition) is 4. The van der Waals surface area contributed by atoms with Gasteiger partial charge in [-0.3, -0.25) is 9.59 Å². The van der Waals surface area contributed by atoms with Gasteiger partial charge in [-0.2, -0.15) is 0 Å². The van der Waals surface area contributed by atoms with Crippen molar-refractivity contribution in [3.05, 3.63) is 21.4 Å². The fraction of sp³-hybridized carbons (Fsp3) is 0.600. The number of esters is 1. The molecule has 0 saturated heterocycles. The molecule has 1 rings (SSSR count). The van der Waals surface area contributed by atoms with E-state index in [1.165, 1.54) is 21.8 Å². The third-order valence-corrected chi connectivity index (χ3v) is 3.84. The van der Waals surface area contributed by atoms with Crippen molar-refractivity contribution in [3.63, 3.8) is 0 Å². The molecule has 5 heteroatoms. The van der Waals surface area contributed by atoms with Crippen LogP contribution in [-0.4, -0.2) is 24.5 Å². The van der Waals surface area contributed by atoms with E-state index in [0.717, 1.165) is 12.8 Å². The van der Waals surface area contributed by atoms with E-state index in [9.17, 15) is 9.59 Å².